The Hall–Kier alpha value is -0.240. The van der Waals surface area contributed by atoms with E-state index in [1.165, 1.54) is 25.0 Å². The van der Waals surface area contributed by atoms with E-state index in [1.807, 2.05) is 11.8 Å². The molecule has 0 spiro atoms. The molecule has 2 heteroatoms. The Labute approximate surface area is 78.6 Å². The van der Waals surface area contributed by atoms with E-state index in [-0.39, 0.29) is 0 Å². The maximum Gasteiger partial charge on any atom is 0.129 e. The topological polar surface area (TPSA) is 17.1 Å². The molecule has 0 saturated heterocycles. The first-order valence-corrected chi connectivity index (χ1v) is 5.59. The van der Waals surface area contributed by atoms with Crippen LogP contribution in [0.15, 0.2) is 11.0 Å². The molecule has 0 aromatic heterocycles. The van der Waals surface area contributed by atoms with Crippen molar-refractivity contribution in [1.82, 2.24) is 0 Å². The minimum absolute atomic E-state index is 0.322. The first-order chi connectivity index (χ1) is 5.79. The molecule has 68 valence electrons. The van der Waals surface area contributed by atoms with Gasteiger partial charge < -0.3 is 4.79 Å². The zero-order valence-corrected chi connectivity index (χ0v) is 8.45. The van der Waals surface area contributed by atoms with E-state index in [9.17, 15) is 4.79 Å². The Morgan fingerprint density at radius 1 is 1.58 bits per heavy atom. The molecule has 12 heavy (non-hydrogen) atoms. The largest absolute Gasteiger partial charge is 0.300 e. The average molecular weight is 184 g/mol. The molecule has 0 amide bonds. The summed E-state index contributed by atoms with van der Waals surface area (Å²) < 4.78 is 0. The number of hydrogen-bond donors (Lipinski definition) is 0. The zero-order valence-electron chi connectivity index (χ0n) is 7.64. The minimum Gasteiger partial charge on any atom is -0.300 e. The third kappa shape index (κ3) is 3.96. The molecule has 0 fully saturated rings. The van der Waals surface area contributed by atoms with Crippen molar-refractivity contribution in [2.45, 2.75) is 39.0 Å². The molecule has 1 heterocycles. The summed E-state index contributed by atoms with van der Waals surface area (Å²) in [5.41, 5.74) is 0. The molecule has 0 aromatic carbocycles. The van der Waals surface area contributed by atoms with Gasteiger partial charge in [-0.15, -0.1) is 11.8 Å². The van der Waals surface area contributed by atoms with Crippen molar-refractivity contribution in [1.29, 1.82) is 0 Å². The second kappa shape index (κ2) is 5.41. The monoisotopic (exact) mass is 184 g/mol. The van der Waals surface area contributed by atoms with E-state index in [4.69, 9.17) is 0 Å². The van der Waals surface area contributed by atoms with Gasteiger partial charge >= 0.3 is 0 Å². The number of Topliss-reactive ketones (excluding diaryl/α,β-unsaturated/α-hetero) is 1. The van der Waals surface area contributed by atoms with Crippen molar-refractivity contribution >= 4 is 17.5 Å². The number of hydrogen-bond acceptors (Lipinski definition) is 2. The van der Waals surface area contributed by atoms with Crippen LogP contribution in [0.25, 0.3) is 0 Å². The molecule has 0 radical (unpaired) electrons. The maximum atomic E-state index is 10.6. The lowest BCUT2D eigenvalue weighted by atomic mass is 10.1. The van der Waals surface area contributed by atoms with E-state index in [2.05, 4.69) is 6.08 Å². The standard InChI is InChI=1S/C10H16OS/c1-9(11)5-2-3-6-10-7-4-8-12-10/h7H,2-6,8H2,1H3. The summed E-state index contributed by atoms with van der Waals surface area (Å²) in [7, 11) is 0. The SMILES string of the molecule is CC(=O)CCCCC1=CCCS1. The molecule has 0 bridgehead atoms. The fraction of sp³-hybridized carbons (Fsp3) is 0.700. The molecular formula is C10H16OS. The maximum absolute atomic E-state index is 10.6. The van der Waals surface area contributed by atoms with E-state index < -0.39 is 0 Å². The van der Waals surface area contributed by atoms with Gasteiger partial charge in [-0.3, -0.25) is 0 Å². The lowest BCUT2D eigenvalue weighted by Crippen LogP contribution is -1.89. The number of thioether (sulfide) groups is 1. The quantitative estimate of drug-likeness (QED) is 0.610. The Bertz CT molecular complexity index is 184. The summed E-state index contributed by atoms with van der Waals surface area (Å²) in [4.78, 5) is 12.2. The fourth-order valence-electron chi connectivity index (χ4n) is 1.32. The van der Waals surface area contributed by atoms with Crippen molar-refractivity contribution in [2.75, 3.05) is 5.75 Å². The highest BCUT2D eigenvalue weighted by Crippen LogP contribution is 2.28. The van der Waals surface area contributed by atoms with Crippen LogP contribution in [-0.2, 0) is 4.79 Å². The molecule has 0 aromatic rings. The van der Waals surface area contributed by atoms with Gasteiger partial charge in [0.05, 0.1) is 0 Å². The molecule has 0 saturated carbocycles. The van der Waals surface area contributed by atoms with Gasteiger partial charge in [0.1, 0.15) is 5.78 Å². The molecule has 0 N–H and O–H groups in total. The Morgan fingerprint density at radius 3 is 3.00 bits per heavy atom. The van der Waals surface area contributed by atoms with Gasteiger partial charge in [0.15, 0.2) is 0 Å². The number of carbonyl (C=O) groups is 1. The van der Waals surface area contributed by atoms with Gasteiger partial charge in [-0.05, 0) is 37.5 Å². The Morgan fingerprint density at radius 2 is 2.42 bits per heavy atom. The predicted octanol–water partition coefficient (Wildman–Crippen LogP) is 3.16. The fourth-order valence-corrected chi connectivity index (χ4v) is 2.34. The third-order valence-electron chi connectivity index (χ3n) is 1.98. The first-order valence-electron chi connectivity index (χ1n) is 4.60. The smallest absolute Gasteiger partial charge is 0.129 e. The molecule has 1 nitrogen and oxygen atoms in total. The van der Waals surface area contributed by atoms with Gasteiger partial charge in [0.2, 0.25) is 0 Å². The summed E-state index contributed by atoms with van der Waals surface area (Å²) in [5.74, 6) is 1.59. The van der Waals surface area contributed by atoms with Crippen LogP contribution in [0.4, 0.5) is 0 Å². The minimum atomic E-state index is 0.322. The molecule has 1 rings (SSSR count). The van der Waals surface area contributed by atoms with E-state index in [1.54, 1.807) is 11.8 Å². The molecule has 0 atom stereocenters. The summed E-state index contributed by atoms with van der Waals surface area (Å²) in [6, 6.07) is 0. The van der Waals surface area contributed by atoms with Crippen LogP contribution >= 0.6 is 11.8 Å². The van der Waals surface area contributed by atoms with Gasteiger partial charge in [0.25, 0.3) is 0 Å². The molecule has 1 aliphatic rings. The first kappa shape index (κ1) is 9.85. The van der Waals surface area contributed by atoms with Crippen LogP contribution < -0.4 is 0 Å². The summed E-state index contributed by atoms with van der Waals surface area (Å²) in [6.45, 7) is 1.67. The van der Waals surface area contributed by atoms with E-state index >= 15 is 0 Å². The van der Waals surface area contributed by atoms with Crippen LogP contribution in [0.5, 0.6) is 0 Å². The lowest BCUT2D eigenvalue weighted by Gasteiger charge is -1.99. The second-order valence-electron chi connectivity index (χ2n) is 3.22. The predicted molar refractivity (Wildman–Crippen MR) is 54.3 cm³/mol. The van der Waals surface area contributed by atoms with Crippen molar-refractivity contribution in [3.8, 4) is 0 Å². The van der Waals surface area contributed by atoms with Crippen molar-refractivity contribution in [3.63, 3.8) is 0 Å². The van der Waals surface area contributed by atoms with Gasteiger partial charge in [-0.1, -0.05) is 6.08 Å². The second-order valence-corrected chi connectivity index (χ2v) is 4.44. The highest BCUT2D eigenvalue weighted by atomic mass is 32.2. The van der Waals surface area contributed by atoms with Crippen LogP contribution in [-0.4, -0.2) is 11.5 Å². The van der Waals surface area contributed by atoms with Gasteiger partial charge in [0, 0.05) is 12.2 Å². The molecule has 1 aliphatic heterocycles. The average Bonchev–Trinajstić information content (AvgIpc) is 2.49. The number of carbonyl (C=O) groups excluding carboxylic acids is 1. The van der Waals surface area contributed by atoms with Crippen LogP contribution in [0, 0.1) is 0 Å². The highest BCUT2D eigenvalue weighted by Gasteiger charge is 2.04. The van der Waals surface area contributed by atoms with Crippen molar-refractivity contribution < 1.29 is 4.79 Å². The molecule has 0 aliphatic carbocycles. The Kier molecular flexibility index (Phi) is 4.44. The van der Waals surface area contributed by atoms with E-state index in [0.29, 0.717) is 5.78 Å². The summed E-state index contributed by atoms with van der Waals surface area (Å²) in [5, 5.41) is 0. The van der Waals surface area contributed by atoms with Gasteiger partial charge in [-0.2, -0.15) is 0 Å². The summed E-state index contributed by atoms with van der Waals surface area (Å²) in [6.07, 6.45) is 7.77. The number of ketones is 1. The van der Waals surface area contributed by atoms with Crippen LogP contribution in [0.2, 0.25) is 0 Å². The Balaban J connectivity index is 1.98. The van der Waals surface area contributed by atoms with E-state index in [0.717, 1.165) is 12.8 Å². The van der Waals surface area contributed by atoms with Crippen molar-refractivity contribution in [2.24, 2.45) is 0 Å². The third-order valence-corrected chi connectivity index (χ3v) is 3.16. The summed E-state index contributed by atoms with van der Waals surface area (Å²) >= 11 is 1.98. The number of rotatable bonds is 5. The molecule has 0 unspecified atom stereocenters. The van der Waals surface area contributed by atoms with Crippen LogP contribution in [0.1, 0.15) is 39.0 Å². The lowest BCUT2D eigenvalue weighted by molar-refractivity contribution is -0.117. The zero-order chi connectivity index (χ0) is 8.81. The highest BCUT2D eigenvalue weighted by molar-refractivity contribution is 8.03. The van der Waals surface area contributed by atoms with Crippen LogP contribution in [0.3, 0.4) is 0 Å². The molecular weight excluding hydrogens is 168 g/mol. The normalized spacial score (nSPS) is 16.2. The number of unbranched alkanes of at least 4 members (excludes halogenated alkanes) is 1. The number of allylic oxidation sites excluding steroid dienone is 2. The van der Waals surface area contributed by atoms with Crippen molar-refractivity contribution in [3.05, 3.63) is 11.0 Å². The van der Waals surface area contributed by atoms with Gasteiger partial charge in [-0.25, -0.2) is 0 Å².